The van der Waals surface area contributed by atoms with Gasteiger partial charge in [0.2, 0.25) is 0 Å². The highest BCUT2D eigenvalue weighted by Crippen LogP contribution is 2.36. The van der Waals surface area contributed by atoms with Crippen LogP contribution >= 0.6 is 11.6 Å². The summed E-state index contributed by atoms with van der Waals surface area (Å²) >= 11 is 5.97. The van der Waals surface area contributed by atoms with Crippen molar-refractivity contribution in [3.8, 4) is 0 Å². The summed E-state index contributed by atoms with van der Waals surface area (Å²) < 4.78 is 13.5. The van der Waals surface area contributed by atoms with Crippen LogP contribution in [-0.2, 0) is 0 Å². The zero-order chi connectivity index (χ0) is 9.14. The van der Waals surface area contributed by atoms with Crippen LogP contribution in [0.1, 0.15) is 39.5 Å². The smallest absolute Gasteiger partial charge is 0.119 e. The molecule has 0 aliphatic heterocycles. The van der Waals surface area contributed by atoms with E-state index in [1.807, 2.05) is 6.92 Å². The number of hydrogen-bond acceptors (Lipinski definition) is 0. The molecule has 2 heteroatoms. The maximum atomic E-state index is 13.5. The predicted octanol–water partition coefficient (Wildman–Crippen LogP) is 3.78. The van der Waals surface area contributed by atoms with Crippen molar-refractivity contribution in [2.45, 2.75) is 51.1 Å². The van der Waals surface area contributed by atoms with Crippen LogP contribution in [0.3, 0.4) is 0 Å². The first-order chi connectivity index (χ1) is 5.66. The lowest BCUT2D eigenvalue weighted by Crippen LogP contribution is -2.35. The van der Waals surface area contributed by atoms with Crippen molar-refractivity contribution in [3.05, 3.63) is 0 Å². The van der Waals surface area contributed by atoms with Gasteiger partial charge in [-0.2, -0.15) is 0 Å². The third-order valence-corrected chi connectivity index (χ3v) is 3.62. The molecule has 12 heavy (non-hydrogen) atoms. The summed E-state index contributed by atoms with van der Waals surface area (Å²) in [6.07, 6.45) is 3.43. The summed E-state index contributed by atoms with van der Waals surface area (Å²) in [5.41, 5.74) is 0. The molecule has 0 amide bonds. The van der Waals surface area contributed by atoms with Gasteiger partial charge in [-0.1, -0.05) is 20.3 Å². The Morgan fingerprint density at radius 1 is 1.42 bits per heavy atom. The Balaban J connectivity index is 2.46. The van der Waals surface area contributed by atoms with Crippen LogP contribution in [0, 0.1) is 11.8 Å². The minimum absolute atomic E-state index is 0.230. The Hall–Kier alpha value is 0.220. The van der Waals surface area contributed by atoms with Gasteiger partial charge in [-0.3, -0.25) is 0 Å². The highest BCUT2D eigenvalue weighted by molar-refractivity contribution is 6.21. The maximum absolute atomic E-state index is 13.5. The molecule has 1 aliphatic rings. The zero-order valence-corrected chi connectivity index (χ0v) is 8.65. The average Bonchev–Trinajstić information content (AvgIpc) is 2.07. The summed E-state index contributed by atoms with van der Waals surface area (Å²) in [5, 5.41) is -0.240. The van der Waals surface area contributed by atoms with Crippen molar-refractivity contribution in [2.75, 3.05) is 0 Å². The Bertz CT molecular complexity index is 138. The molecular weight excluding hydrogens is 175 g/mol. The molecule has 4 atom stereocenters. The van der Waals surface area contributed by atoms with Crippen molar-refractivity contribution < 1.29 is 4.39 Å². The minimum Gasteiger partial charge on any atom is -0.246 e. The van der Waals surface area contributed by atoms with Crippen LogP contribution in [-0.4, -0.2) is 11.5 Å². The Labute approximate surface area is 79.5 Å². The first kappa shape index (κ1) is 10.3. The summed E-state index contributed by atoms with van der Waals surface area (Å²) in [6.45, 7) is 4.15. The summed E-state index contributed by atoms with van der Waals surface area (Å²) in [4.78, 5) is 0. The molecule has 72 valence electrons. The van der Waals surface area contributed by atoms with Gasteiger partial charge in [-0.15, -0.1) is 11.6 Å². The molecule has 0 radical (unpaired) electrons. The molecule has 1 fully saturated rings. The van der Waals surface area contributed by atoms with Gasteiger partial charge in [0.1, 0.15) is 6.17 Å². The number of rotatable bonds is 2. The van der Waals surface area contributed by atoms with Gasteiger partial charge in [0.15, 0.2) is 0 Å². The van der Waals surface area contributed by atoms with E-state index in [0.29, 0.717) is 5.92 Å². The van der Waals surface area contributed by atoms with E-state index in [1.54, 1.807) is 0 Å². The quantitative estimate of drug-likeness (QED) is 0.585. The fourth-order valence-electron chi connectivity index (χ4n) is 2.04. The van der Waals surface area contributed by atoms with Gasteiger partial charge >= 0.3 is 0 Å². The van der Waals surface area contributed by atoms with Gasteiger partial charge < -0.3 is 0 Å². The van der Waals surface area contributed by atoms with Crippen LogP contribution in [0.25, 0.3) is 0 Å². The third kappa shape index (κ3) is 2.12. The second-order valence-electron chi connectivity index (χ2n) is 3.99. The molecule has 0 aromatic heterocycles. The van der Waals surface area contributed by atoms with E-state index in [0.717, 1.165) is 25.7 Å². The molecule has 0 N–H and O–H groups in total. The molecule has 0 bridgehead atoms. The molecule has 1 aliphatic carbocycles. The van der Waals surface area contributed by atoms with Crippen molar-refractivity contribution in [1.82, 2.24) is 0 Å². The lowest BCUT2D eigenvalue weighted by Gasteiger charge is -2.34. The fourth-order valence-corrected chi connectivity index (χ4v) is 2.38. The Morgan fingerprint density at radius 3 is 2.67 bits per heavy atom. The monoisotopic (exact) mass is 192 g/mol. The van der Waals surface area contributed by atoms with Gasteiger partial charge in [-0.25, -0.2) is 4.39 Å². The molecular formula is C10H18ClF. The van der Waals surface area contributed by atoms with Gasteiger partial charge in [-0.05, 0) is 31.1 Å². The average molecular weight is 193 g/mol. The van der Waals surface area contributed by atoms with Crippen LogP contribution in [0.5, 0.6) is 0 Å². The third-order valence-electron chi connectivity index (χ3n) is 2.95. The van der Waals surface area contributed by atoms with Crippen LogP contribution in [0.15, 0.2) is 0 Å². The first-order valence-electron chi connectivity index (χ1n) is 4.95. The van der Waals surface area contributed by atoms with E-state index in [4.69, 9.17) is 11.6 Å². The molecule has 0 spiro atoms. The predicted molar refractivity (Wildman–Crippen MR) is 51.3 cm³/mol. The zero-order valence-electron chi connectivity index (χ0n) is 7.89. The number of halogens is 2. The molecule has 0 saturated heterocycles. The summed E-state index contributed by atoms with van der Waals surface area (Å²) in [5.74, 6) is 0.587. The molecule has 0 aromatic carbocycles. The Kier molecular flexibility index (Phi) is 3.82. The normalized spacial score (nSPS) is 43.0. The topological polar surface area (TPSA) is 0 Å². The van der Waals surface area contributed by atoms with E-state index in [2.05, 4.69) is 6.92 Å². The van der Waals surface area contributed by atoms with Crippen molar-refractivity contribution >= 4 is 11.6 Å². The molecule has 4 unspecified atom stereocenters. The van der Waals surface area contributed by atoms with Gasteiger partial charge in [0.05, 0.1) is 5.38 Å². The molecule has 1 rings (SSSR count). The highest BCUT2D eigenvalue weighted by atomic mass is 35.5. The second-order valence-corrected chi connectivity index (χ2v) is 4.50. The summed E-state index contributed by atoms with van der Waals surface area (Å²) in [7, 11) is 0. The van der Waals surface area contributed by atoms with Gasteiger partial charge in [0, 0.05) is 0 Å². The summed E-state index contributed by atoms with van der Waals surface area (Å²) in [6, 6.07) is 0. The van der Waals surface area contributed by atoms with E-state index in [-0.39, 0.29) is 11.3 Å². The van der Waals surface area contributed by atoms with E-state index < -0.39 is 6.17 Å². The fraction of sp³-hybridized carbons (Fsp3) is 1.00. The maximum Gasteiger partial charge on any atom is 0.119 e. The Morgan fingerprint density at radius 2 is 2.08 bits per heavy atom. The lowest BCUT2D eigenvalue weighted by atomic mass is 9.79. The second kappa shape index (κ2) is 4.45. The highest BCUT2D eigenvalue weighted by Gasteiger charge is 2.35. The molecule has 0 aromatic rings. The van der Waals surface area contributed by atoms with Crippen molar-refractivity contribution in [3.63, 3.8) is 0 Å². The van der Waals surface area contributed by atoms with E-state index in [9.17, 15) is 4.39 Å². The van der Waals surface area contributed by atoms with Gasteiger partial charge in [0.25, 0.3) is 0 Å². The SMILES string of the molecule is CCCC1CCC(C)C(Cl)C1F. The minimum atomic E-state index is -0.768. The largest absolute Gasteiger partial charge is 0.246 e. The molecule has 0 nitrogen and oxygen atoms in total. The molecule has 1 saturated carbocycles. The first-order valence-corrected chi connectivity index (χ1v) is 5.38. The van der Waals surface area contributed by atoms with Crippen LogP contribution in [0.2, 0.25) is 0 Å². The van der Waals surface area contributed by atoms with E-state index >= 15 is 0 Å². The van der Waals surface area contributed by atoms with E-state index in [1.165, 1.54) is 0 Å². The van der Waals surface area contributed by atoms with Crippen molar-refractivity contribution in [2.24, 2.45) is 11.8 Å². The number of alkyl halides is 2. The molecule has 0 heterocycles. The van der Waals surface area contributed by atoms with Crippen LogP contribution < -0.4 is 0 Å². The lowest BCUT2D eigenvalue weighted by molar-refractivity contribution is 0.131. The van der Waals surface area contributed by atoms with Crippen LogP contribution in [0.4, 0.5) is 4.39 Å². The standard InChI is InChI=1S/C10H18ClF/c1-3-4-8-6-5-7(2)9(11)10(8)12/h7-10H,3-6H2,1-2H3. The number of hydrogen-bond donors (Lipinski definition) is 0. The van der Waals surface area contributed by atoms with Crippen molar-refractivity contribution in [1.29, 1.82) is 0 Å².